The molecule has 102 valence electrons. The minimum absolute atomic E-state index is 0.0561. The van der Waals surface area contributed by atoms with E-state index in [1.807, 2.05) is 6.92 Å². The third-order valence-electron chi connectivity index (χ3n) is 2.74. The second kappa shape index (κ2) is 6.17. The van der Waals surface area contributed by atoms with E-state index in [0.29, 0.717) is 5.69 Å². The van der Waals surface area contributed by atoms with Gasteiger partial charge >= 0.3 is 0 Å². The van der Waals surface area contributed by atoms with Crippen LogP contribution in [0, 0.1) is 5.92 Å². The summed E-state index contributed by atoms with van der Waals surface area (Å²) < 4.78 is 26.4. The van der Waals surface area contributed by atoms with Crippen molar-refractivity contribution >= 4 is 15.7 Å². The van der Waals surface area contributed by atoms with Crippen molar-refractivity contribution in [2.75, 3.05) is 18.9 Å². The summed E-state index contributed by atoms with van der Waals surface area (Å²) in [5, 5.41) is 8.86. The zero-order valence-electron chi connectivity index (χ0n) is 10.7. The standard InChI is InChI=1S/C12H20N2O3S/c1-3-10-4-5-11(6-12(10)13)18(16,17)14-7-9(2)8-15/h4-6,9,14-15H,3,7-8,13H2,1-2H3. The lowest BCUT2D eigenvalue weighted by molar-refractivity contribution is 0.238. The number of anilines is 1. The molecule has 0 amide bonds. The fraction of sp³-hybridized carbons (Fsp3) is 0.500. The lowest BCUT2D eigenvalue weighted by atomic mass is 10.1. The molecule has 1 aromatic rings. The molecule has 0 saturated heterocycles. The van der Waals surface area contributed by atoms with Crippen molar-refractivity contribution < 1.29 is 13.5 Å². The fourth-order valence-corrected chi connectivity index (χ4v) is 2.66. The molecule has 0 aliphatic heterocycles. The van der Waals surface area contributed by atoms with Crippen LogP contribution in [0.5, 0.6) is 0 Å². The van der Waals surface area contributed by atoms with E-state index in [1.165, 1.54) is 6.07 Å². The van der Waals surface area contributed by atoms with E-state index >= 15 is 0 Å². The molecular formula is C12H20N2O3S. The zero-order chi connectivity index (χ0) is 13.8. The maximum Gasteiger partial charge on any atom is 0.240 e. The maximum absolute atomic E-state index is 12.0. The van der Waals surface area contributed by atoms with E-state index in [4.69, 9.17) is 10.8 Å². The fourth-order valence-electron chi connectivity index (χ4n) is 1.46. The number of benzene rings is 1. The number of aliphatic hydroxyl groups is 1. The minimum atomic E-state index is -3.55. The molecule has 0 radical (unpaired) electrons. The molecule has 18 heavy (non-hydrogen) atoms. The lowest BCUT2D eigenvalue weighted by Crippen LogP contribution is -2.29. The molecule has 0 bridgehead atoms. The van der Waals surface area contributed by atoms with Crippen LogP contribution in [0.2, 0.25) is 0 Å². The molecule has 0 aliphatic rings. The molecule has 5 nitrogen and oxygen atoms in total. The number of aryl methyl sites for hydroxylation is 1. The SMILES string of the molecule is CCc1ccc(S(=O)(=O)NCC(C)CO)cc1N. The monoisotopic (exact) mass is 272 g/mol. The third-order valence-corrected chi connectivity index (χ3v) is 4.16. The van der Waals surface area contributed by atoms with Crippen LogP contribution in [0.1, 0.15) is 19.4 Å². The third kappa shape index (κ3) is 3.69. The second-order valence-electron chi connectivity index (χ2n) is 4.35. The van der Waals surface area contributed by atoms with Gasteiger partial charge in [-0.05, 0) is 30.0 Å². The van der Waals surface area contributed by atoms with Crippen LogP contribution in [0.25, 0.3) is 0 Å². The van der Waals surface area contributed by atoms with Crippen molar-refractivity contribution in [2.45, 2.75) is 25.2 Å². The molecule has 1 atom stereocenters. The van der Waals surface area contributed by atoms with Gasteiger partial charge in [-0.2, -0.15) is 0 Å². The molecular weight excluding hydrogens is 252 g/mol. The summed E-state index contributed by atoms with van der Waals surface area (Å²) in [7, 11) is -3.55. The minimum Gasteiger partial charge on any atom is -0.398 e. The Kier molecular flexibility index (Phi) is 5.13. The Balaban J connectivity index is 2.88. The van der Waals surface area contributed by atoms with Gasteiger partial charge in [-0.25, -0.2) is 13.1 Å². The molecule has 0 fully saturated rings. The van der Waals surface area contributed by atoms with Gasteiger partial charge in [0.15, 0.2) is 0 Å². The predicted molar refractivity (Wildman–Crippen MR) is 71.7 cm³/mol. The highest BCUT2D eigenvalue weighted by Crippen LogP contribution is 2.18. The molecule has 0 aromatic heterocycles. The van der Waals surface area contributed by atoms with Crippen LogP contribution in [0.3, 0.4) is 0 Å². The molecule has 0 aliphatic carbocycles. The van der Waals surface area contributed by atoms with Crippen LogP contribution in [-0.4, -0.2) is 26.7 Å². The number of sulfonamides is 1. The number of nitrogens with one attached hydrogen (secondary N) is 1. The molecule has 0 saturated carbocycles. The number of hydrogen-bond donors (Lipinski definition) is 3. The van der Waals surface area contributed by atoms with Crippen molar-refractivity contribution in [1.29, 1.82) is 0 Å². The van der Waals surface area contributed by atoms with Crippen molar-refractivity contribution in [1.82, 2.24) is 4.72 Å². The van der Waals surface area contributed by atoms with Gasteiger partial charge < -0.3 is 10.8 Å². The van der Waals surface area contributed by atoms with Crippen LogP contribution < -0.4 is 10.5 Å². The Morgan fingerprint density at radius 1 is 1.44 bits per heavy atom. The summed E-state index contributed by atoms with van der Waals surface area (Å²) >= 11 is 0. The Bertz CT molecular complexity index is 500. The summed E-state index contributed by atoms with van der Waals surface area (Å²) in [4.78, 5) is 0.155. The first-order valence-corrected chi connectivity index (χ1v) is 7.38. The Hall–Kier alpha value is -1.11. The van der Waals surface area contributed by atoms with Gasteiger partial charge in [0.2, 0.25) is 10.0 Å². The molecule has 1 rings (SSSR count). The Morgan fingerprint density at radius 2 is 2.11 bits per heavy atom. The van der Waals surface area contributed by atoms with Crippen molar-refractivity contribution in [3.63, 3.8) is 0 Å². The summed E-state index contributed by atoms with van der Waals surface area (Å²) in [5.41, 5.74) is 7.19. The number of nitrogen functional groups attached to an aromatic ring is 1. The highest BCUT2D eigenvalue weighted by Gasteiger charge is 2.15. The zero-order valence-corrected chi connectivity index (χ0v) is 11.5. The van der Waals surface area contributed by atoms with Crippen LogP contribution in [0.4, 0.5) is 5.69 Å². The summed E-state index contributed by atoms with van der Waals surface area (Å²) in [6.45, 7) is 3.87. The Morgan fingerprint density at radius 3 is 2.61 bits per heavy atom. The van der Waals surface area contributed by atoms with E-state index in [-0.39, 0.29) is 24.0 Å². The van der Waals surface area contributed by atoms with Crippen LogP contribution in [-0.2, 0) is 16.4 Å². The Labute approximate surface area is 108 Å². The van der Waals surface area contributed by atoms with E-state index in [2.05, 4.69) is 4.72 Å². The largest absolute Gasteiger partial charge is 0.398 e. The average Bonchev–Trinajstić information content (AvgIpc) is 2.35. The lowest BCUT2D eigenvalue weighted by Gasteiger charge is -2.11. The van der Waals surface area contributed by atoms with Crippen LogP contribution >= 0.6 is 0 Å². The number of rotatable bonds is 6. The first kappa shape index (κ1) is 14.9. The van der Waals surface area contributed by atoms with Gasteiger partial charge in [0, 0.05) is 18.8 Å². The smallest absolute Gasteiger partial charge is 0.240 e. The number of hydrogen-bond acceptors (Lipinski definition) is 4. The summed E-state index contributed by atoms with van der Waals surface area (Å²) in [5.74, 6) is -0.118. The molecule has 1 unspecified atom stereocenters. The molecule has 4 N–H and O–H groups in total. The van der Waals surface area contributed by atoms with E-state index in [0.717, 1.165) is 12.0 Å². The summed E-state index contributed by atoms with van der Waals surface area (Å²) in [6.07, 6.45) is 0.765. The first-order chi connectivity index (χ1) is 8.40. The van der Waals surface area contributed by atoms with E-state index in [1.54, 1.807) is 19.1 Å². The first-order valence-electron chi connectivity index (χ1n) is 5.89. The van der Waals surface area contributed by atoms with Gasteiger partial charge in [0.25, 0.3) is 0 Å². The summed E-state index contributed by atoms with van der Waals surface area (Å²) in [6, 6.07) is 4.73. The second-order valence-corrected chi connectivity index (χ2v) is 6.12. The van der Waals surface area contributed by atoms with Crippen LogP contribution in [0.15, 0.2) is 23.1 Å². The molecule has 0 spiro atoms. The van der Waals surface area contributed by atoms with Crippen molar-refractivity contribution in [3.8, 4) is 0 Å². The topological polar surface area (TPSA) is 92.4 Å². The molecule has 0 heterocycles. The molecule has 1 aromatic carbocycles. The highest BCUT2D eigenvalue weighted by atomic mass is 32.2. The van der Waals surface area contributed by atoms with Crippen molar-refractivity contribution in [3.05, 3.63) is 23.8 Å². The normalized spacial score (nSPS) is 13.5. The van der Waals surface area contributed by atoms with Gasteiger partial charge in [0.05, 0.1) is 4.90 Å². The maximum atomic E-state index is 12.0. The average molecular weight is 272 g/mol. The molecule has 6 heteroatoms. The van der Waals surface area contributed by atoms with Gasteiger partial charge in [-0.1, -0.05) is 19.9 Å². The van der Waals surface area contributed by atoms with Gasteiger partial charge in [-0.15, -0.1) is 0 Å². The highest BCUT2D eigenvalue weighted by molar-refractivity contribution is 7.89. The van der Waals surface area contributed by atoms with E-state index in [9.17, 15) is 8.42 Å². The number of aliphatic hydroxyl groups excluding tert-OH is 1. The van der Waals surface area contributed by atoms with Gasteiger partial charge in [-0.3, -0.25) is 0 Å². The van der Waals surface area contributed by atoms with Crippen molar-refractivity contribution in [2.24, 2.45) is 5.92 Å². The number of nitrogens with two attached hydrogens (primary N) is 1. The quantitative estimate of drug-likeness (QED) is 0.666. The predicted octanol–water partition coefficient (Wildman–Crippen LogP) is 0.738. The van der Waals surface area contributed by atoms with Gasteiger partial charge in [0.1, 0.15) is 0 Å². The van der Waals surface area contributed by atoms with E-state index < -0.39 is 10.0 Å².